The zero-order valence-electron chi connectivity index (χ0n) is 11.7. The molecule has 0 radical (unpaired) electrons. The molecule has 2 rings (SSSR count). The van der Waals surface area contributed by atoms with Crippen LogP contribution in [0.15, 0.2) is 18.5 Å². The smallest absolute Gasteiger partial charge is 0.257 e. The van der Waals surface area contributed by atoms with Gasteiger partial charge in [0, 0.05) is 39.1 Å². The lowest BCUT2D eigenvalue weighted by Crippen LogP contribution is -2.27. The minimum atomic E-state index is 0.145. The van der Waals surface area contributed by atoms with Crippen molar-refractivity contribution in [3.8, 4) is 5.95 Å². The van der Waals surface area contributed by atoms with Gasteiger partial charge in [0.2, 0.25) is 11.9 Å². The SMILES string of the molecule is CCN(CCCO)c1nc(NC)nc(-n2cccn2)n1. The van der Waals surface area contributed by atoms with Crippen LogP contribution in [0.5, 0.6) is 0 Å². The van der Waals surface area contributed by atoms with Crippen molar-refractivity contribution in [2.45, 2.75) is 13.3 Å². The first-order valence-electron chi connectivity index (χ1n) is 6.58. The van der Waals surface area contributed by atoms with Gasteiger partial charge >= 0.3 is 0 Å². The van der Waals surface area contributed by atoms with Crippen molar-refractivity contribution in [1.29, 1.82) is 0 Å². The number of aromatic nitrogens is 5. The summed E-state index contributed by atoms with van der Waals surface area (Å²) in [6.45, 7) is 3.62. The highest BCUT2D eigenvalue weighted by atomic mass is 16.3. The van der Waals surface area contributed by atoms with Crippen LogP contribution in [0.4, 0.5) is 11.9 Å². The zero-order chi connectivity index (χ0) is 14.4. The first kappa shape index (κ1) is 14.2. The van der Waals surface area contributed by atoms with Crippen molar-refractivity contribution in [2.75, 3.05) is 37.0 Å². The second-order valence-electron chi connectivity index (χ2n) is 4.12. The molecule has 2 aromatic rings. The van der Waals surface area contributed by atoms with E-state index in [2.05, 4.69) is 25.4 Å². The molecule has 0 amide bonds. The van der Waals surface area contributed by atoms with Gasteiger partial charge in [-0.1, -0.05) is 0 Å². The third-order valence-corrected chi connectivity index (χ3v) is 2.80. The van der Waals surface area contributed by atoms with Gasteiger partial charge in [0.05, 0.1) is 0 Å². The van der Waals surface area contributed by atoms with Gasteiger partial charge in [-0.15, -0.1) is 0 Å². The van der Waals surface area contributed by atoms with Crippen molar-refractivity contribution in [2.24, 2.45) is 0 Å². The average molecular weight is 277 g/mol. The molecule has 0 spiro atoms. The molecule has 0 aliphatic heterocycles. The first-order chi connectivity index (χ1) is 9.78. The minimum absolute atomic E-state index is 0.145. The largest absolute Gasteiger partial charge is 0.396 e. The monoisotopic (exact) mass is 277 g/mol. The third-order valence-electron chi connectivity index (χ3n) is 2.80. The molecular formula is C12H19N7O. The number of aliphatic hydroxyl groups excluding tert-OH is 1. The Morgan fingerprint density at radius 3 is 2.80 bits per heavy atom. The molecule has 8 nitrogen and oxygen atoms in total. The molecule has 2 heterocycles. The lowest BCUT2D eigenvalue weighted by atomic mass is 10.4. The van der Waals surface area contributed by atoms with Crippen molar-refractivity contribution in [3.63, 3.8) is 0 Å². The normalized spacial score (nSPS) is 10.6. The Bertz CT molecular complexity index is 529. The Morgan fingerprint density at radius 1 is 1.35 bits per heavy atom. The summed E-state index contributed by atoms with van der Waals surface area (Å²) in [6.07, 6.45) is 4.12. The fourth-order valence-corrected chi connectivity index (χ4v) is 1.76. The molecule has 108 valence electrons. The van der Waals surface area contributed by atoms with Crippen molar-refractivity contribution in [3.05, 3.63) is 18.5 Å². The fraction of sp³-hybridized carbons (Fsp3) is 0.500. The summed E-state index contributed by atoms with van der Waals surface area (Å²) in [5.41, 5.74) is 0. The molecule has 0 atom stereocenters. The molecule has 0 saturated carbocycles. The van der Waals surface area contributed by atoms with Crippen LogP contribution in [0.2, 0.25) is 0 Å². The number of anilines is 2. The molecule has 0 bridgehead atoms. The lowest BCUT2D eigenvalue weighted by Gasteiger charge is -2.20. The van der Waals surface area contributed by atoms with Gasteiger partial charge in [0.1, 0.15) is 0 Å². The molecule has 0 fully saturated rings. The zero-order valence-corrected chi connectivity index (χ0v) is 11.7. The number of rotatable bonds is 7. The van der Waals surface area contributed by atoms with Gasteiger partial charge in [-0.05, 0) is 19.4 Å². The van der Waals surface area contributed by atoms with Crippen LogP contribution in [0.25, 0.3) is 5.95 Å². The fourth-order valence-electron chi connectivity index (χ4n) is 1.76. The van der Waals surface area contributed by atoms with E-state index in [0.29, 0.717) is 30.8 Å². The van der Waals surface area contributed by atoms with Gasteiger partial charge in [0.25, 0.3) is 5.95 Å². The van der Waals surface area contributed by atoms with E-state index in [0.717, 1.165) is 6.54 Å². The summed E-state index contributed by atoms with van der Waals surface area (Å²) < 4.78 is 1.59. The summed E-state index contributed by atoms with van der Waals surface area (Å²) in [6, 6.07) is 1.81. The Labute approximate surface area is 117 Å². The quantitative estimate of drug-likeness (QED) is 0.752. The van der Waals surface area contributed by atoms with E-state index in [4.69, 9.17) is 5.11 Å². The van der Waals surface area contributed by atoms with E-state index in [-0.39, 0.29) is 6.61 Å². The van der Waals surface area contributed by atoms with Crippen LogP contribution in [0.3, 0.4) is 0 Å². The molecule has 8 heteroatoms. The van der Waals surface area contributed by atoms with Crippen LogP contribution in [-0.2, 0) is 0 Å². The van der Waals surface area contributed by atoms with Gasteiger partial charge in [-0.2, -0.15) is 20.1 Å². The molecule has 20 heavy (non-hydrogen) atoms. The number of hydrogen-bond acceptors (Lipinski definition) is 7. The molecule has 0 unspecified atom stereocenters. The summed E-state index contributed by atoms with van der Waals surface area (Å²) in [7, 11) is 1.76. The van der Waals surface area contributed by atoms with Crippen molar-refractivity contribution < 1.29 is 5.11 Å². The maximum absolute atomic E-state index is 8.96. The molecular weight excluding hydrogens is 258 g/mol. The second kappa shape index (κ2) is 6.80. The predicted molar refractivity (Wildman–Crippen MR) is 76.1 cm³/mol. The van der Waals surface area contributed by atoms with Crippen molar-refractivity contribution in [1.82, 2.24) is 24.7 Å². The van der Waals surface area contributed by atoms with Crippen LogP contribution in [-0.4, -0.2) is 56.6 Å². The number of nitrogens with one attached hydrogen (secondary N) is 1. The van der Waals surface area contributed by atoms with Crippen LogP contribution < -0.4 is 10.2 Å². The maximum Gasteiger partial charge on any atom is 0.257 e. The Balaban J connectivity index is 2.34. The molecule has 2 N–H and O–H groups in total. The van der Waals surface area contributed by atoms with Gasteiger partial charge in [-0.25, -0.2) is 4.68 Å². The van der Waals surface area contributed by atoms with E-state index in [1.807, 2.05) is 17.9 Å². The minimum Gasteiger partial charge on any atom is -0.396 e. The third kappa shape index (κ3) is 3.21. The van der Waals surface area contributed by atoms with Gasteiger partial charge in [0.15, 0.2) is 0 Å². The van der Waals surface area contributed by atoms with Gasteiger partial charge in [-0.3, -0.25) is 0 Å². The van der Waals surface area contributed by atoms with Crippen molar-refractivity contribution >= 4 is 11.9 Å². The van der Waals surface area contributed by atoms with Crippen LogP contribution in [0, 0.1) is 0 Å². The summed E-state index contributed by atoms with van der Waals surface area (Å²) in [5.74, 6) is 1.53. The highest BCUT2D eigenvalue weighted by Crippen LogP contribution is 2.13. The van der Waals surface area contributed by atoms with Crippen LogP contribution in [0.1, 0.15) is 13.3 Å². The van der Waals surface area contributed by atoms with E-state index >= 15 is 0 Å². The highest BCUT2D eigenvalue weighted by Gasteiger charge is 2.12. The molecule has 0 aliphatic carbocycles. The molecule has 0 aromatic carbocycles. The Hall–Kier alpha value is -2.22. The van der Waals surface area contributed by atoms with E-state index < -0.39 is 0 Å². The standard InChI is InChI=1S/C12H19N7O/c1-3-18(7-5-9-20)11-15-10(13-2)16-12(17-11)19-8-4-6-14-19/h4,6,8,20H,3,5,7,9H2,1-2H3,(H,13,15,16,17). The Morgan fingerprint density at radius 2 is 2.20 bits per heavy atom. The first-order valence-corrected chi connectivity index (χ1v) is 6.58. The summed E-state index contributed by atoms with van der Waals surface area (Å²) >= 11 is 0. The molecule has 0 aliphatic rings. The number of aliphatic hydroxyl groups is 1. The second-order valence-corrected chi connectivity index (χ2v) is 4.12. The summed E-state index contributed by atoms with van der Waals surface area (Å²) in [4.78, 5) is 15.1. The van der Waals surface area contributed by atoms with E-state index in [1.54, 1.807) is 24.1 Å². The van der Waals surface area contributed by atoms with Crippen LogP contribution >= 0.6 is 0 Å². The Kier molecular flexibility index (Phi) is 4.83. The highest BCUT2D eigenvalue weighted by molar-refractivity contribution is 5.39. The number of hydrogen-bond donors (Lipinski definition) is 2. The van der Waals surface area contributed by atoms with E-state index in [9.17, 15) is 0 Å². The van der Waals surface area contributed by atoms with Gasteiger partial charge < -0.3 is 15.3 Å². The predicted octanol–water partition coefficient (Wildman–Crippen LogP) is 0.308. The maximum atomic E-state index is 8.96. The summed E-state index contributed by atoms with van der Waals surface area (Å²) in [5, 5.41) is 16.0. The number of nitrogens with zero attached hydrogens (tertiary/aromatic N) is 6. The average Bonchev–Trinajstić information content (AvgIpc) is 3.02. The lowest BCUT2D eigenvalue weighted by molar-refractivity contribution is 0.289. The molecule has 0 saturated heterocycles. The van der Waals surface area contributed by atoms with E-state index in [1.165, 1.54) is 0 Å². The topological polar surface area (TPSA) is 92.0 Å². The molecule has 2 aromatic heterocycles.